The van der Waals surface area contributed by atoms with Crippen LogP contribution in [0, 0.1) is 0 Å². The molecule has 0 aliphatic carbocycles. The molecule has 0 saturated heterocycles. The zero-order valence-corrected chi connectivity index (χ0v) is 8.75. The zero-order chi connectivity index (χ0) is 9.42. The van der Waals surface area contributed by atoms with Crippen LogP contribution in [0.15, 0.2) is 12.3 Å². The molecule has 0 amide bonds. The van der Waals surface area contributed by atoms with Crippen LogP contribution in [0.25, 0.3) is 0 Å². The molecule has 0 radical (unpaired) electrons. The quantitative estimate of drug-likeness (QED) is 0.639. The minimum absolute atomic E-state index is 0.655. The molecule has 0 spiro atoms. The van der Waals surface area contributed by atoms with E-state index in [0.29, 0.717) is 5.92 Å². The van der Waals surface area contributed by atoms with Gasteiger partial charge in [0.2, 0.25) is 0 Å². The molecular weight excluding hydrogens is 160 g/mol. The van der Waals surface area contributed by atoms with E-state index in [1.165, 1.54) is 17.8 Å². The van der Waals surface area contributed by atoms with Crippen LogP contribution in [-0.4, -0.2) is 23.1 Å². The van der Waals surface area contributed by atoms with Crippen molar-refractivity contribution < 1.29 is 0 Å². The number of hydrogen-bond donors (Lipinski definition) is 0. The maximum Gasteiger partial charge on any atom is 0.0387 e. The SMILES string of the molecule is CC(C)c1ccn2c1CN(C)CC2. The van der Waals surface area contributed by atoms with E-state index in [2.05, 4.69) is 42.6 Å². The van der Waals surface area contributed by atoms with Crippen LogP contribution in [-0.2, 0) is 13.1 Å². The lowest BCUT2D eigenvalue weighted by Gasteiger charge is -2.26. The highest BCUT2D eigenvalue weighted by Crippen LogP contribution is 2.24. The third-order valence-electron chi connectivity index (χ3n) is 2.88. The van der Waals surface area contributed by atoms with E-state index in [4.69, 9.17) is 0 Å². The standard InChI is InChI=1S/C11H18N2/c1-9(2)10-4-5-13-7-6-12(3)8-11(10)13/h4-5,9H,6-8H2,1-3H3. The Bertz CT molecular complexity index is 299. The van der Waals surface area contributed by atoms with Crippen molar-refractivity contribution in [1.29, 1.82) is 0 Å². The third kappa shape index (κ3) is 1.51. The fourth-order valence-corrected chi connectivity index (χ4v) is 2.05. The second kappa shape index (κ2) is 3.18. The number of nitrogens with zero attached hydrogens (tertiary/aromatic N) is 2. The van der Waals surface area contributed by atoms with Crippen molar-refractivity contribution in [3.63, 3.8) is 0 Å². The van der Waals surface area contributed by atoms with Crippen LogP contribution >= 0.6 is 0 Å². The molecule has 1 aromatic rings. The van der Waals surface area contributed by atoms with Crippen LogP contribution in [0.4, 0.5) is 0 Å². The van der Waals surface area contributed by atoms with Gasteiger partial charge in [0.25, 0.3) is 0 Å². The fourth-order valence-electron chi connectivity index (χ4n) is 2.05. The molecule has 0 bridgehead atoms. The van der Waals surface area contributed by atoms with E-state index in [9.17, 15) is 0 Å². The molecule has 0 N–H and O–H groups in total. The highest BCUT2D eigenvalue weighted by atomic mass is 15.2. The average Bonchev–Trinajstić information content (AvgIpc) is 2.46. The first kappa shape index (κ1) is 8.82. The number of fused-ring (bicyclic) bond motifs is 1. The van der Waals surface area contributed by atoms with E-state index in [0.717, 1.165) is 13.1 Å². The molecule has 0 unspecified atom stereocenters. The Balaban J connectivity index is 2.35. The van der Waals surface area contributed by atoms with E-state index >= 15 is 0 Å². The summed E-state index contributed by atoms with van der Waals surface area (Å²) >= 11 is 0. The molecule has 2 heteroatoms. The van der Waals surface area contributed by atoms with E-state index < -0.39 is 0 Å². The lowest BCUT2D eigenvalue weighted by atomic mass is 10.0. The van der Waals surface area contributed by atoms with Gasteiger partial charge in [-0.1, -0.05) is 13.8 Å². The Kier molecular flexibility index (Phi) is 2.16. The summed E-state index contributed by atoms with van der Waals surface area (Å²) in [6.45, 7) is 7.98. The van der Waals surface area contributed by atoms with Gasteiger partial charge in [-0.15, -0.1) is 0 Å². The molecule has 0 atom stereocenters. The Hall–Kier alpha value is -0.760. The van der Waals surface area contributed by atoms with Crippen molar-refractivity contribution in [1.82, 2.24) is 9.47 Å². The van der Waals surface area contributed by atoms with Gasteiger partial charge >= 0.3 is 0 Å². The van der Waals surface area contributed by atoms with Gasteiger partial charge in [0, 0.05) is 31.5 Å². The van der Waals surface area contributed by atoms with Crippen LogP contribution in [0.2, 0.25) is 0 Å². The van der Waals surface area contributed by atoms with Gasteiger partial charge < -0.3 is 4.57 Å². The van der Waals surface area contributed by atoms with Crippen molar-refractivity contribution in [2.75, 3.05) is 13.6 Å². The number of hydrogen-bond acceptors (Lipinski definition) is 1. The minimum Gasteiger partial charge on any atom is -0.349 e. The number of likely N-dealkylation sites (N-methyl/N-ethyl adjacent to an activating group) is 1. The third-order valence-corrected chi connectivity index (χ3v) is 2.88. The summed E-state index contributed by atoms with van der Waals surface area (Å²) in [5.74, 6) is 0.655. The van der Waals surface area contributed by atoms with Crippen molar-refractivity contribution in [2.24, 2.45) is 0 Å². The molecule has 1 aliphatic heterocycles. The first-order valence-corrected chi connectivity index (χ1v) is 5.05. The van der Waals surface area contributed by atoms with Crippen LogP contribution in [0.1, 0.15) is 31.0 Å². The summed E-state index contributed by atoms with van der Waals surface area (Å²) in [7, 11) is 2.20. The summed E-state index contributed by atoms with van der Waals surface area (Å²) in [6, 6.07) is 2.28. The molecule has 1 aromatic heterocycles. The van der Waals surface area contributed by atoms with Crippen LogP contribution in [0.5, 0.6) is 0 Å². The highest BCUT2D eigenvalue weighted by Gasteiger charge is 2.17. The zero-order valence-electron chi connectivity index (χ0n) is 8.75. The number of rotatable bonds is 1. The van der Waals surface area contributed by atoms with Crippen molar-refractivity contribution >= 4 is 0 Å². The molecule has 0 fully saturated rings. The lowest BCUT2D eigenvalue weighted by Crippen LogP contribution is -2.30. The van der Waals surface area contributed by atoms with Gasteiger partial charge in [0.05, 0.1) is 0 Å². The van der Waals surface area contributed by atoms with Crippen molar-refractivity contribution in [3.05, 3.63) is 23.5 Å². The van der Waals surface area contributed by atoms with Crippen LogP contribution < -0.4 is 0 Å². The van der Waals surface area contributed by atoms with Gasteiger partial charge in [-0.05, 0) is 24.6 Å². The lowest BCUT2D eigenvalue weighted by molar-refractivity contribution is 0.268. The Morgan fingerprint density at radius 1 is 1.31 bits per heavy atom. The van der Waals surface area contributed by atoms with Crippen molar-refractivity contribution in [2.45, 2.75) is 32.9 Å². The Morgan fingerprint density at radius 3 is 2.77 bits per heavy atom. The topological polar surface area (TPSA) is 8.17 Å². The van der Waals surface area contributed by atoms with Gasteiger partial charge in [0.15, 0.2) is 0 Å². The van der Waals surface area contributed by atoms with Crippen molar-refractivity contribution in [3.8, 4) is 0 Å². The molecule has 72 valence electrons. The first-order chi connectivity index (χ1) is 6.18. The molecular formula is C11H18N2. The van der Waals surface area contributed by atoms with Gasteiger partial charge in [-0.25, -0.2) is 0 Å². The summed E-state index contributed by atoms with van der Waals surface area (Å²) in [4.78, 5) is 2.39. The molecule has 2 rings (SSSR count). The molecule has 0 aromatic carbocycles. The second-order valence-corrected chi connectivity index (χ2v) is 4.30. The smallest absolute Gasteiger partial charge is 0.0387 e. The predicted molar refractivity (Wildman–Crippen MR) is 54.9 cm³/mol. The molecule has 2 nitrogen and oxygen atoms in total. The first-order valence-electron chi connectivity index (χ1n) is 5.05. The summed E-state index contributed by atoms with van der Waals surface area (Å²) < 4.78 is 2.40. The Morgan fingerprint density at radius 2 is 2.08 bits per heavy atom. The Labute approximate surface area is 80.2 Å². The maximum atomic E-state index is 2.40. The predicted octanol–water partition coefficient (Wildman–Crippen LogP) is 2.06. The maximum absolute atomic E-state index is 2.40. The monoisotopic (exact) mass is 178 g/mol. The highest BCUT2D eigenvalue weighted by molar-refractivity contribution is 5.26. The summed E-state index contributed by atoms with van der Waals surface area (Å²) in [5, 5.41) is 0. The molecule has 2 heterocycles. The van der Waals surface area contributed by atoms with E-state index in [1.807, 2.05) is 0 Å². The minimum atomic E-state index is 0.655. The van der Waals surface area contributed by atoms with Gasteiger partial charge in [-0.3, -0.25) is 4.90 Å². The van der Waals surface area contributed by atoms with E-state index in [-0.39, 0.29) is 0 Å². The summed E-state index contributed by atoms with van der Waals surface area (Å²) in [5.41, 5.74) is 3.04. The fraction of sp³-hybridized carbons (Fsp3) is 0.636. The average molecular weight is 178 g/mol. The molecule has 0 saturated carbocycles. The number of aromatic nitrogens is 1. The molecule has 1 aliphatic rings. The summed E-state index contributed by atoms with van der Waals surface area (Å²) in [6.07, 6.45) is 2.23. The largest absolute Gasteiger partial charge is 0.349 e. The second-order valence-electron chi connectivity index (χ2n) is 4.30. The molecule has 13 heavy (non-hydrogen) atoms. The van der Waals surface area contributed by atoms with Crippen LogP contribution in [0.3, 0.4) is 0 Å². The van der Waals surface area contributed by atoms with Gasteiger partial charge in [-0.2, -0.15) is 0 Å². The normalized spacial score (nSPS) is 17.8. The van der Waals surface area contributed by atoms with E-state index in [1.54, 1.807) is 0 Å². The van der Waals surface area contributed by atoms with Gasteiger partial charge in [0.1, 0.15) is 0 Å².